The van der Waals surface area contributed by atoms with Gasteiger partial charge in [-0.05, 0) is 47.5 Å². The number of carbonyl (C=O) groups is 2. The Morgan fingerprint density at radius 1 is 1.50 bits per heavy atom. The minimum absolute atomic E-state index is 0.152. The minimum Gasteiger partial charge on any atom is -0.480 e. The maximum Gasteiger partial charge on any atom is 0.327 e. The molecule has 5 nitrogen and oxygen atoms in total. The molecule has 20 heavy (non-hydrogen) atoms. The largest absolute Gasteiger partial charge is 0.480 e. The van der Waals surface area contributed by atoms with E-state index in [1.165, 1.54) is 16.7 Å². The van der Waals surface area contributed by atoms with Crippen molar-refractivity contribution in [2.45, 2.75) is 25.3 Å². The second kappa shape index (κ2) is 6.05. The number of benzene rings is 1. The number of aryl methyl sites for hydroxylation is 1. The highest BCUT2D eigenvalue weighted by Gasteiger charge is 2.39. The first-order valence-corrected chi connectivity index (χ1v) is 7.94. The zero-order valence-corrected chi connectivity index (χ0v) is 13.5. The first-order chi connectivity index (χ1) is 9.40. The number of carbonyl (C=O) groups excluding carboxylic acids is 1. The van der Waals surface area contributed by atoms with E-state index in [0.29, 0.717) is 11.4 Å². The lowest BCUT2D eigenvalue weighted by Crippen LogP contribution is -2.46. The molecule has 1 aliphatic heterocycles. The Morgan fingerprint density at radius 2 is 2.20 bits per heavy atom. The molecule has 0 bridgehead atoms. The average Bonchev–Trinajstić information content (AvgIpc) is 2.75. The molecule has 1 saturated heterocycles. The highest BCUT2D eigenvalue weighted by atomic mass is 79.9. The molecule has 0 radical (unpaired) electrons. The van der Waals surface area contributed by atoms with Crippen molar-refractivity contribution in [1.82, 2.24) is 4.90 Å². The first kappa shape index (κ1) is 15.2. The van der Waals surface area contributed by atoms with E-state index in [2.05, 4.69) is 21.2 Å². The zero-order valence-electron chi connectivity index (χ0n) is 11.1. The van der Waals surface area contributed by atoms with Crippen molar-refractivity contribution in [3.8, 4) is 0 Å². The summed E-state index contributed by atoms with van der Waals surface area (Å²) in [5.41, 5.74) is 1.71. The third-order valence-corrected chi connectivity index (χ3v) is 4.98. The fraction of sp³-hybridized carbons (Fsp3) is 0.385. The number of hydrogen-bond acceptors (Lipinski definition) is 3. The molecule has 7 heteroatoms. The Balaban J connectivity index is 2.16. The number of anilines is 1. The monoisotopic (exact) mass is 358 g/mol. The van der Waals surface area contributed by atoms with Crippen LogP contribution in [0.15, 0.2) is 22.7 Å². The summed E-state index contributed by atoms with van der Waals surface area (Å²) >= 11 is 4.85. The van der Waals surface area contributed by atoms with Gasteiger partial charge in [-0.2, -0.15) is 0 Å². The Bertz CT molecular complexity index is 552. The van der Waals surface area contributed by atoms with Gasteiger partial charge in [-0.25, -0.2) is 9.59 Å². The van der Waals surface area contributed by atoms with Crippen molar-refractivity contribution in [2.24, 2.45) is 0 Å². The molecule has 1 fully saturated rings. The molecule has 2 N–H and O–H groups in total. The lowest BCUT2D eigenvalue weighted by molar-refractivity contribution is -0.141. The van der Waals surface area contributed by atoms with E-state index in [-0.39, 0.29) is 11.4 Å². The molecule has 1 aromatic rings. The molecule has 0 saturated carbocycles. The summed E-state index contributed by atoms with van der Waals surface area (Å²) in [6, 6.07) is 4.41. The van der Waals surface area contributed by atoms with Crippen LogP contribution in [-0.4, -0.2) is 39.2 Å². The van der Waals surface area contributed by atoms with E-state index in [0.717, 1.165) is 10.0 Å². The van der Waals surface area contributed by atoms with Crippen molar-refractivity contribution in [3.05, 3.63) is 28.2 Å². The molecule has 2 atom stereocenters. The van der Waals surface area contributed by atoms with Crippen molar-refractivity contribution in [3.63, 3.8) is 0 Å². The second-order valence-electron chi connectivity index (χ2n) is 4.61. The number of rotatable bonds is 2. The Morgan fingerprint density at radius 3 is 2.80 bits per heavy atom. The van der Waals surface area contributed by atoms with Gasteiger partial charge in [-0.15, -0.1) is 11.8 Å². The van der Waals surface area contributed by atoms with Crippen molar-refractivity contribution < 1.29 is 14.7 Å². The van der Waals surface area contributed by atoms with Crippen molar-refractivity contribution in [2.75, 3.05) is 11.1 Å². The molecule has 2 amide bonds. The van der Waals surface area contributed by atoms with E-state index >= 15 is 0 Å². The van der Waals surface area contributed by atoms with Gasteiger partial charge >= 0.3 is 12.0 Å². The third-order valence-electron chi connectivity index (χ3n) is 3.11. The van der Waals surface area contributed by atoms with Gasteiger partial charge in [0.1, 0.15) is 6.04 Å². The molecular formula is C13H15BrN2O3S. The van der Waals surface area contributed by atoms with Gasteiger partial charge in [0, 0.05) is 10.2 Å². The lowest BCUT2D eigenvalue weighted by Gasteiger charge is -2.25. The molecule has 0 spiro atoms. The van der Waals surface area contributed by atoms with Gasteiger partial charge in [0.2, 0.25) is 0 Å². The van der Waals surface area contributed by atoms with E-state index in [9.17, 15) is 9.59 Å². The molecule has 1 aromatic carbocycles. The van der Waals surface area contributed by atoms with Crippen LogP contribution in [0, 0.1) is 6.92 Å². The van der Waals surface area contributed by atoms with Gasteiger partial charge in [0.15, 0.2) is 0 Å². The van der Waals surface area contributed by atoms with Crippen LogP contribution >= 0.6 is 27.7 Å². The second-order valence-corrected chi connectivity index (χ2v) is 6.81. The molecule has 108 valence electrons. The number of hydrogen-bond donors (Lipinski definition) is 2. The number of carboxylic acid groups (broad SMARTS) is 1. The van der Waals surface area contributed by atoms with E-state index in [1.807, 2.05) is 26.0 Å². The maximum absolute atomic E-state index is 12.3. The predicted molar refractivity (Wildman–Crippen MR) is 83.1 cm³/mol. The van der Waals surface area contributed by atoms with E-state index in [4.69, 9.17) is 5.11 Å². The molecule has 2 unspecified atom stereocenters. The van der Waals surface area contributed by atoms with Gasteiger partial charge in [-0.1, -0.05) is 6.07 Å². The smallest absolute Gasteiger partial charge is 0.327 e. The van der Waals surface area contributed by atoms with Crippen LogP contribution in [0.1, 0.15) is 12.5 Å². The number of urea groups is 1. The number of nitrogens with zero attached hydrogens (tertiary/aromatic N) is 1. The van der Waals surface area contributed by atoms with E-state index in [1.54, 1.807) is 6.07 Å². The zero-order chi connectivity index (χ0) is 14.9. The summed E-state index contributed by atoms with van der Waals surface area (Å²) in [5.74, 6) is -0.557. The highest BCUT2D eigenvalue weighted by molar-refractivity contribution is 9.10. The maximum atomic E-state index is 12.3. The number of halogens is 1. The molecule has 0 aliphatic carbocycles. The summed E-state index contributed by atoms with van der Waals surface area (Å²) in [5, 5.41) is 11.8. The SMILES string of the molecule is Cc1ccc(NC(=O)N2C(C)SCC2C(=O)O)c(Br)c1. The number of carboxylic acids is 1. The van der Waals surface area contributed by atoms with Crippen LogP contribution in [0.25, 0.3) is 0 Å². The average molecular weight is 359 g/mol. The quantitative estimate of drug-likeness (QED) is 0.851. The highest BCUT2D eigenvalue weighted by Crippen LogP contribution is 2.30. The first-order valence-electron chi connectivity index (χ1n) is 6.10. The lowest BCUT2D eigenvalue weighted by atomic mass is 10.2. The normalized spacial score (nSPS) is 21.9. The van der Waals surface area contributed by atoms with Crippen molar-refractivity contribution in [1.29, 1.82) is 0 Å². The summed E-state index contributed by atoms with van der Waals surface area (Å²) in [6.45, 7) is 3.79. The third kappa shape index (κ3) is 3.09. The predicted octanol–water partition coefficient (Wildman–Crippen LogP) is 3.14. The number of amides is 2. The van der Waals surface area contributed by atoms with Crippen LogP contribution in [-0.2, 0) is 4.79 Å². The fourth-order valence-electron chi connectivity index (χ4n) is 2.04. The Hall–Kier alpha value is -1.21. The van der Waals surface area contributed by atoms with Crippen LogP contribution in [0.4, 0.5) is 10.5 Å². The summed E-state index contributed by atoms with van der Waals surface area (Å²) < 4.78 is 0.775. The Labute approximate surface area is 129 Å². The molecule has 0 aromatic heterocycles. The molecule has 1 aliphatic rings. The standard InChI is InChI=1S/C13H15BrN2O3S/c1-7-3-4-10(9(14)5-7)15-13(19)16-8(2)20-6-11(16)12(17)18/h3-5,8,11H,6H2,1-2H3,(H,15,19)(H,17,18). The Kier molecular flexibility index (Phi) is 4.59. The van der Waals surface area contributed by atoms with Crippen molar-refractivity contribution >= 4 is 45.4 Å². The van der Waals surface area contributed by atoms with Gasteiger partial charge in [0.05, 0.1) is 11.1 Å². The van der Waals surface area contributed by atoms with Gasteiger partial charge in [-0.3, -0.25) is 4.90 Å². The molecule has 1 heterocycles. The summed E-state index contributed by atoms with van der Waals surface area (Å²) in [6.07, 6.45) is 0. The van der Waals surface area contributed by atoms with Gasteiger partial charge < -0.3 is 10.4 Å². The van der Waals surface area contributed by atoms with Crippen LogP contribution < -0.4 is 5.32 Å². The number of aliphatic carboxylic acids is 1. The summed E-state index contributed by atoms with van der Waals surface area (Å²) in [4.78, 5) is 24.9. The molecular weight excluding hydrogens is 344 g/mol. The van der Waals surface area contributed by atoms with Gasteiger partial charge in [0.25, 0.3) is 0 Å². The molecule has 2 rings (SSSR count). The summed E-state index contributed by atoms with van der Waals surface area (Å²) in [7, 11) is 0. The minimum atomic E-state index is -0.972. The fourth-order valence-corrected chi connectivity index (χ4v) is 3.80. The van der Waals surface area contributed by atoms with Crippen LogP contribution in [0.2, 0.25) is 0 Å². The van der Waals surface area contributed by atoms with Crippen LogP contribution in [0.5, 0.6) is 0 Å². The van der Waals surface area contributed by atoms with E-state index < -0.39 is 12.0 Å². The number of nitrogens with one attached hydrogen (secondary N) is 1. The van der Waals surface area contributed by atoms with Crippen LogP contribution in [0.3, 0.4) is 0 Å². The number of thioether (sulfide) groups is 1. The topological polar surface area (TPSA) is 69.6 Å².